The number of ether oxygens (including phenoxy) is 1. The maximum Gasteiger partial charge on any atom is 0.261 e. The van der Waals surface area contributed by atoms with Crippen LogP contribution in [0.15, 0.2) is 65.6 Å². The average Bonchev–Trinajstić information content (AvgIpc) is 2.98. The van der Waals surface area contributed by atoms with Crippen molar-refractivity contribution in [1.82, 2.24) is 9.80 Å². The first-order chi connectivity index (χ1) is 19.9. The van der Waals surface area contributed by atoms with E-state index in [0.717, 1.165) is 17.7 Å². The fourth-order valence-electron chi connectivity index (χ4n) is 4.86. The van der Waals surface area contributed by atoms with Gasteiger partial charge in [0, 0.05) is 36.8 Å². The zero-order valence-electron chi connectivity index (χ0n) is 23.6. The third kappa shape index (κ3) is 7.93. The summed E-state index contributed by atoms with van der Waals surface area (Å²) in [5, 5.41) is 10.8. The maximum absolute atomic E-state index is 13.5. The first-order valence-corrected chi connectivity index (χ1v) is 15.7. The number of nitrogens with zero attached hydrogens (tertiary/aromatic N) is 2. The molecule has 3 aromatic carbocycles. The van der Waals surface area contributed by atoms with Crippen molar-refractivity contribution in [2.75, 3.05) is 31.5 Å². The number of aliphatic hydroxyl groups excluding tert-OH is 1. The standard InChI is InChI=1S/C30H34Cl2FN3O5S/c1-19-15-36(20(2)18-37)30(38)14-22-13-24(34-42(39,40)25-8-5-23(33)6-9-25)7-11-28(22)41-29(19)17-35(3)16-21-4-10-26(31)27(32)12-21/h4-13,19-20,29,34,37H,14-18H2,1-3H3/t19-,20+,29-/m1/s1. The van der Waals surface area contributed by atoms with Crippen LogP contribution in [-0.2, 0) is 27.8 Å². The molecule has 1 aliphatic rings. The van der Waals surface area contributed by atoms with Crippen LogP contribution >= 0.6 is 23.2 Å². The van der Waals surface area contributed by atoms with Crippen LogP contribution < -0.4 is 9.46 Å². The molecule has 1 aliphatic heterocycles. The van der Waals surface area contributed by atoms with Crippen molar-refractivity contribution < 1.29 is 27.4 Å². The number of likely N-dealkylation sites (N-methyl/N-ethyl adjacent to an activating group) is 1. The van der Waals surface area contributed by atoms with E-state index in [1.165, 1.54) is 12.1 Å². The van der Waals surface area contributed by atoms with Crippen LogP contribution in [-0.4, -0.2) is 68.1 Å². The van der Waals surface area contributed by atoms with E-state index in [2.05, 4.69) is 9.62 Å². The van der Waals surface area contributed by atoms with Crippen LogP contribution in [0.3, 0.4) is 0 Å². The Balaban J connectivity index is 1.62. The highest BCUT2D eigenvalue weighted by Gasteiger charge is 2.31. The Morgan fingerprint density at radius 1 is 1.12 bits per heavy atom. The molecule has 2 N–H and O–H groups in total. The molecule has 12 heteroatoms. The Morgan fingerprint density at radius 3 is 2.50 bits per heavy atom. The van der Waals surface area contributed by atoms with E-state index in [-0.39, 0.29) is 41.5 Å². The lowest BCUT2D eigenvalue weighted by atomic mass is 10.0. The quantitative estimate of drug-likeness (QED) is 0.334. The molecule has 1 amide bonds. The number of anilines is 1. The van der Waals surface area contributed by atoms with E-state index in [1.807, 2.05) is 26.1 Å². The number of hydrogen-bond acceptors (Lipinski definition) is 6. The van der Waals surface area contributed by atoms with Gasteiger partial charge in [-0.05, 0) is 74.1 Å². The predicted molar refractivity (Wildman–Crippen MR) is 162 cm³/mol. The third-order valence-electron chi connectivity index (χ3n) is 7.22. The van der Waals surface area contributed by atoms with Gasteiger partial charge in [-0.25, -0.2) is 12.8 Å². The summed E-state index contributed by atoms with van der Waals surface area (Å²) in [5.41, 5.74) is 1.71. The highest BCUT2D eigenvalue weighted by Crippen LogP contribution is 2.30. The number of hydrogen-bond donors (Lipinski definition) is 2. The van der Waals surface area contributed by atoms with Crippen molar-refractivity contribution in [3.05, 3.63) is 87.7 Å². The monoisotopic (exact) mass is 637 g/mol. The summed E-state index contributed by atoms with van der Waals surface area (Å²) >= 11 is 12.3. The van der Waals surface area contributed by atoms with Crippen LogP contribution in [0.2, 0.25) is 10.0 Å². The first kappa shape index (κ1) is 32.0. The number of aliphatic hydroxyl groups is 1. The van der Waals surface area contributed by atoms with Gasteiger partial charge in [0.05, 0.1) is 34.0 Å². The average molecular weight is 639 g/mol. The zero-order valence-corrected chi connectivity index (χ0v) is 25.9. The lowest BCUT2D eigenvalue weighted by molar-refractivity contribution is -0.134. The van der Waals surface area contributed by atoms with Crippen LogP contribution in [0, 0.1) is 11.7 Å². The molecule has 0 radical (unpaired) electrons. The van der Waals surface area contributed by atoms with Gasteiger partial charge in [-0.3, -0.25) is 14.4 Å². The second-order valence-corrected chi connectivity index (χ2v) is 13.2. The summed E-state index contributed by atoms with van der Waals surface area (Å²) in [6, 6.07) is 14.3. The fraction of sp³-hybridized carbons (Fsp3) is 0.367. The fourth-order valence-corrected chi connectivity index (χ4v) is 6.23. The molecule has 3 aromatic rings. The van der Waals surface area contributed by atoms with Gasteiger partial charge in [0.15, 0.2) is 0 Å². The van der Waals surface area contributed by atoms with E-state index in [9.17, 15) is 22.7 Å². The number of halogens is 3. The summed E-state index contributed by atoms with van der Waals surface area (Å²) in [5.74, 6) is -0.403. The topological polar surface area (TPSA) is 99.2 Å². The molecule has 0 bridgehead atoms. The minimum Gasteiger partial charge on any atom is -0.488 e. The molecule has 42 heavy (non-hydrogen) atoms. The van der Waals surface area contributed by atoms with E-state index < -0.39 is 21.9 Å². The van der Waals surface area contributed by atoms with Crippen LogP contribution in [0.25, 0.3) is 0 Å². The van der Waals surface area contributed by atoms with E-state index in [0.29, 0.717) is 41.0 Å². The van der Waals surface area contributed by atoms with Gasteiger partial charge >= 0.3 is 0 Å². The number of sulfonamides is 1. The van der Waals surface area contributed by atoms with Crippen LogP contribution in [0.5, 0.6) is 5.75 Å². The van der Waals surface area contributed by atoms with Gasteiger partial charge in [0.1, 0.15) is 17.7 Å². The largest absolute Gasteiger partial charge is 0.488 e. The van der Waals surface area contributed by atoms with Crippen molar-refractivity contribution in [3.63, 3.8) is 0 Å². The second kappa shape index (κ2) is 13.6. The third-order valence-corrected chi connectivity index (χ3v) is 9.36. The smallest absolute Gasteiger partial charge is 0.261 e. The maximum atomic E-state index is 13.5. The van der Waals surface area contributed by atoms with Crippen molar-refractivity contribution in [3.8, 4) is 5.75 Å². The number of benzene rings is 3. The molecule has 8 nitrogen and oxygen atoms in total. The molecule has 0 fully saturated rings. The van der Waals surface area contributed by atoms with Crippen LogP contribution in [0.4, 0.5) is 10.1 Å². The van der Waals surface area contributed by atoms with Gasteiger partial charge < -0.3 is 14.7 Å². The van der Waals surface area contributed by atoms with E-state index in [4.69, 9.17) is 27.9 Å². The minimum atomic E-state index is -4.00. The minimum absolute atomic E-state index is 0.0512. The molecule has 0 unspecified atom stereocenters. The first-order valence-electron chi connectivity index (χ1n) is 13.5. The highest BCUT2D eigenvalue weighted by atomic mass is 35.5. The normalized spacial score (nSPS) is 18.5. The number of rotatable bonds is 9. The molecule has 226 valence electrons. The number of carbonyl (C=O) groups excluding carboxylic acids is 1. The number of carbonyl (C=O) groups is 1. The number of amides is 1. The lowest BCUT2D eigenvalue weighted by Gasteiger charge is -2.34. The Kier molecular flexibility index (Phi) is 10.4. The summed E-state index contributed by atoms with van der Waals surface area (Å²) < 4.78 is 48.2. The summed E-state index contributed by atoms with van der Waals surface area (Å²) in [6.07, 6.45) is -0.401. The van der Waals surface area contributed by atoms with Gasteiger partial charge in [0.25, 0.3) is 10.0 Å². The van der Waals surface area contributed by atoms with Crippen molar-refractivity contribution in [2.45, 2.75) is 43.9 Å². The summed E-state index contributed by atoms with van der Waals surface area (Å²) in [7, 11) is -2.05. The van der Waals surface area contributed by atoms with Crippen molar-refractivity contribution in [1.29, 1.82) is 0 Å². The molecule has 4 rings (SSSR count). The SMILES string of the molecule is C[C@@H]1CN([C@@H](C)CO)C(=O)Cc2cc(NS(=O)(=O)c3ccc(F)cc3)ccc2O[C@@H]1CN(C)Cc1ccc(Cl)c(Cl)c1. The van der Waals surface area contributed by atoms with E-state index in [1.54, 1.807) is 36.1 Å². The second-order valence-electron chi connectivity index (χ2n) is 10.7. The molecule has 0 spiro atoms. The lowest BCUT2D eigenvalue weighted by Crippen LogP contribution is -2.47. The summed E-state index contributed by atoms with van der Waals surface area (Å²) in [4.78, 5) is 17.1. The predicted octanol–water partition coefficient (Wildman–Crippen LogP) is 5.21. The molecule has 3 atom stereocenters. The number of fused-ring (bicyclic) bond motifs is 1. The molecule has 0 saturated heterocycles. The summed E-state index contributed by atoms with van der Waals surface area (Å²) in [6.45, 7) is 5.03. The Hall–Kier alpha value is -2.89. The molecule has 0 aliphatic carbocycles. The van der Waals surface area contributed by atoms with Gasteiger partial charge in [-0.15, -0.1) is 0 Å². The van der Waals surface area contributed by atoms with E-state index >= 15 is 0 Å². The van der Waals surface area contributed by atoms with Gasteiger partial charge in [-0.1, -0.05) is 36.2 Å². The molecule has 0 aromatic heterocycles. The Bertz CT molecular complexity index is 1520. The number of nitrogens with one attached hydrogen (secondary N) is 1. The van der Waals surface area contributed by atoms with Crippen molar-refractivity contribution >= 4 is 44.8 Å². The van der Waals surface area contributed by atoms with Gasteiger partial charge in [0.2, 0.25) is 5.91 Å². The molecule has 0 saturated carbocycles. The molecular weight excluding hydrogens is 604 g/mol. The Labute approximate surface area is 256 Å². The van der Waals surface area contributed by atoms with Crippen LogP contribution in [0.1, 0.15) is 25.0 Å². The molecule has 1 heterocycles. The van der Waals surface area contributed by atoms with Crippen molar-refractivity contribution in [2.24, 2.45) is 5.92 Å². The Morgan fingerprint density at radius 2 is 1.83 bits per heavy atom. The highest BCUT2D eigenvalue weighted by molar-refractivity contribution is 7.92. The molecular formula is C30H34Cl2FN3O5S. The zero-order chi connectivity index (χ0) is 30.6. The van der Waals surface area contributed by atoms with Gasteiger partial charge in [-0.2, -0.15) is 0 Å².